The third kappa shape index (κ3) is 2.83. The summed E-state index contributed by atoms with van der Waals surface area (Å²) < 4.78 is 5.10. The number of ether oxygens (including phenoxy) is 1. The average Bonchev–Trinajstić information content (AvgIpc) is 2.62. The number of carboxylic acid groups (broad SMARTS) is 1. The summed E-state index contributed by atoms with van der Waals surface area (Å²) in [5.74, 6) is -2.29. The summed E-state index contributed by atoms with van der Waals surface area (Å²) in [5, 5.41) is 18.4. The minimum atomic E-state index is -1.24. The van der Waals surface area contributed by atoms with Crippen LogP contribution in [-0.4, -0.2) is 50.0 Å². The van der Waals surface area contributed by atoms with Crippen LogP contribution >= 0.6 is 23.5 Å². The van der Waals surface area contributed by atoms with Gasteiger partial charge in [-0.25, -0.2) is 9.59 Å². The average molecular weight is 334 g/mol. The molecule has 0 bridgehead atoms. The van der Waals surface area contributed by atoms with Gasteiger partial charge in [0.05, 0.1) is 16.3 Å². The standard InChI is InChI=1S/C11H14N2O6S2/c1-3(14)5-7(15)13-6(9(16)17)10(21-8(5)13)20-4(2)19-11(12)18/h3-5,8,14H,1-2H3,(H2,12,18)(H,16,17)/t3?,4?,5?,8-/m1/s1. The smallest absolute Gasteiger partial charge is 0.405 e. The minimum Gasteiger partial charge on any atom is -0.477 e. The van der Waals surface area contributed by atoms with Crippen molar-refractivity contribution in [2.45, 2.75) is 30.8 Å². The minimum absolute atomic E-state index is 0.142. The Morgan fingerprint density at radius 2 is 2.10 bits per heavy atom. The number of primary amides is 1. The highest BCUT2D eigenvalue weighted by atomic mass is 32.2. The third-order valence-corrected chi connectivity index (χ3v) is 5.59. The maximum Gasteiger partial charge on any atom is 0.405 e. The molecule has 0 spiro atoms. The Bertz CT molecular complexity index is 535. The van der Waals surface area contributed by atoms with Crippen molar-refractivity contribution in [3.05, 3.63) is 9.93 Å². The molecule has 0 aromatic rings. The van der Waals surface area contributed by atoms with Crippen LogP contribution in [0.1, 0.15) is 13.8 Å². The number of aliphatic carboxylic acids is 1. The lowest BCUT2D eigenvalue weighted by molar-refractivity contribution is -0.156. The molecule has 2 rings (SSSR count). The van der Waals surface area contributed by atoms with Crippen LogP contribution in [0.15, 0.2) is 9.93 Å². The van der Waals surface area contributed by atoms with Gasteiger partial charge in [-0.1, -0.05) is 23.5 Å². The fraction of sp³-hybridized carbons (Fsp3) is 0.545. The zero-order valence-corrected chi connectivity index (χ0v) is 12.8. The molecule has 0 aromatic carbocycles. The number of hydrogen-bond acceptors (Lipinski definition) is 7. The largest absolute Gasteiger partial charge is 0.477 e. The van der Waals surface area contributed by atoms with Gasteiger partial charge in [-0.3, -0.25) is 9.69 Å². The molecule has 4 atom stereocenters. The Hall–Kier alpha value is -1.39. The normalized spacial score (nSPS) is 27.0. The topological polar surface area (TPSA) is 130 Å². The van der Waals surface area contributed by atoms with Gasteiger partial charge in [0, 0.05) is 0 Å². The van der Waals surface area contributed by atoms with Crippen molar-refractivity contribution < 1.29 is 29.3 Å². The molecule has 10 heteroatoms. The van der Waals surface area contributed by atoms with E-state index in [1.165, 1.54) is 18.7 Å². The second-order valence-corrected chi connectivity index (χ2v) is 7.24. The molecule has 1 fully saturated rings. The van der Waals surface area contributed by atoms with E-state index in [1.807, 2.05) is 0 Å². The van der Waals surface area contributed by atoms with Crippen LogP contribution in [0.25, 0.3) is 0 Å². The summed E-state index contributed by atoms with van der Waals surface area (Å²) in [7, 11) is 0. The highest BCUT2D eigenvalue weighted by Gasteiger charge is 2.57. The van der Waals surface area contributed by atoms with Gasteiger partial charge in [0.1, 0.15) is 5.37 Å². The zero-order chi connectivity index (χ0) is 15.9. The summed E-state index contributed by atoms with van der Waals surface area (Å²) in [6.07, 6.45) is -1.82. The summed E-state index contributed by atoms with van der Waals surface area (Å²) in [6.45, 7) is 3.04. The van der Waals surface area contributed by atoms with Crippen LogP contribution in [0.5, 0.6) is 0 Å². The van der Waals surface area contributed by atoms with Crippen LogP contribution in [0.2, 0.25) is 0 Å². The lowest BCUT2D eigenvalue weighted by atomic mass is 9.92. The summed E-state index contributed by atoms with van der Waals surface area (Å²) in [6, 6.07) is 0. The fourth-order valence-electron chi connectivity index (χ4n) is 2.17. The lowest BCUT2D eigenvalue weighted by Crippen LogP contribution is -2.60. The van der Waals surface area contributed by atoms with Gasteiger partial charge >= 0.3 is 12.1 Å². The van der Waals surface area contributed by atoms with Gasteiger partial charge in [0.15, 0.2) is 11.1 Å². The Morgan fingerprint density at radius 1 is 1.48 bits per heavy atom. The van der Waals surface area contributed by atoms with Gasteiger partial charge in [-0.05, 0) is 13.8 Å². The first-order chi connectivity index (χ1) is 9.73. The number of aliphatic hydroxyl groups is 1. The van der Waals surface area contributed by atoms with E-state index >= 15 is 0 Å². The number of carbonyl (C=O) groups excluding carboxylic acids is 2. The van der Waals surface area contributed by atoms with Gasteiger partial charge in [0.25, 0.3) is 0 Å². The molecule has 116 valence electrons. The van der Waals surface area contributed by atoms with E-state index in [0.717, 1.165) is 16.7 Å². The van der Waals surface area contributed by atoms with Crippen LogP contribution in [-0.2, 0) is 14.3 Å². The Labute approximate surface area is 128 Å². The number of amides is 2. The van der Waals surface area contributed by atoms with Crippen molar-refractivity contribution >= 4 is 41.5 Å². The number of hydrogen-bond donors (Lipinski definition) is 3. The van der Waals surface area contributed by atoms with Crippen molar-refractivity contribution in [3.8, 4) is 0 Å². The number of rotatable bonds is 5. The fourth-order valence-corrected chi connectivity index (χ4v) is 5.16. The molecule has 3 unspecified atom stereocenters. The van der Waals surface area contributed by atoms with E-state index in [4.69, 9.17) is 10.5 Å². The van der Waals surface area contributed by atoms with Gasteiger partial charge in [0.2, 0.25) is 5.91 Å². The van der Waals surface area contributed by atoms with Crippen molar-refractivity contribution in [2.24, 2.45) is 11.7 Å². The Kier molecular flexibility index (Phi) is 4.40. The van der Waals surface area contributed by atoms with Crippen molar-refractivity contribution in [2.75, 3.05) is 0 Å². The predicted octanol–water partition coefficient (Wildman–Crippen LogP) is 0.327. The SMILES string of the molecule is CC(OC(N)=O)SC1=C(C(=O)O)N2C(=O)C(C(C)O)[C@H]2S1. The van der Waals surface area contributed by atoms with E-state index in [0.29, 0.717) is 4.24 Å². The highest BCUT2D eigenvalue weighted by Crippen LogP contribution is 2.54. The monoisotopic (exact) mass is 334 g/mol. The van der Waals surface area contributed by atoms with Crippen molar-refractivity contribution in [1.82, 2.24) is 4.90 Å². The van der Waals surface area contributed by atoms with Crippen molar-refractivity contribution in [1.29, 1.82) is 0 Å². The van der Waals surface area contributed by atoms with Crippen LogP contribution in [0.3, 0.4) is 0 Å². The number of nitrogens with two attached hydrogens (primary N) is 1. The molecule has 2 amide bonds. The number of fused-ring (bicyclic) bond motifs is 1. The first kappa shape index (κ1) is 16.0. The van der Waals surface area contributed by atoms with Gasteiger partial charge in [-0.15, -0.1) is 0 Å². The maximum atomic E-state index is 11.9. The molecule has 2 heterocycles. The molecular formula is C11H14N2O6S2. The maximum absolute atomic E-state index is 11.9. The lowest BCUT2D eigenvalue weighted by Gasteiger charge is -2.43. The number of thioether (sulfide) groups is 2. The molecule has 0 saturated carbocycles. The van der Waals surface area contributed by atoms with Crippen LogP contribution < -0.4 is 5.73 Å². The third-order valence-electron chi connectivity index (χ3n) is 3.02. The molecule has 8 nitrogen and oxygen atoms in total. The molecule has 2 aliphatic rings. The molecule has 4 N–H and O–H groups in total. The number of β-lactam (4-membered cyclic amide) rings is 1. The molecule has 1 saturated heterocycles. The highest BCUT2D eigenvalue weighted by molar-refractivity contribution is 8.23. The number of aliphatic hydroxyl groups excluding tert-OH is 1. The molecule has 21 heavy (non-hydrogen) atoms. The quantitative estimate of drug-likeness (QED) is 0.484. The summed E-state index contributed by atoms with van der Waals surface area (Å²) >= 11 is 2.17. The van der Waals surface area contributed by atoms with E-state index < -0.39 is 40.8 Å². The molecule has 0 aromatic heterocycles. The molecule has 0 aliphatic carbocycles. The van der Waals surface area contributed by atoms with Crippen LogP contribution in [0, 0.1) is 5.92 Å². The summed E-state index contributed by atoms with van der Waals surface area (Å²) in [5.41, 5.74) is 4.08. The van der Waals surface area contributed by atoms with Crippen LogP contribution in [0.4, 0.5) is 4.79 Å². The van der Waals surface area contributed by atoms with E-state index in [-0.39, 0.29) is 5.70 Å². The first-order valence-corrected chi connectivity index (χ1v) is 7.78. The number of carboxylic acids is 1. The zero-order valence-electron chi connectivity index (χ0n) is 11.2. The number of nitrogens with zero attached hydrogens (tertiary/aromatic N) is 1. The Balaban J connectivity index is 2.19. The number of carbonyl (C=O) groups is 3. The Morgan fingerprint density at radius 3 is 2.57 bits per heavy atom. The van der Waals surface area contributed by atoms with E-state index in [2.05, 4.69) is 0 Å². The molecule has 2 aliphatic heterocycles. The molecular weight excluding hydrogens is 320 g/mol. The van der Waals surface area contributed by atoms with Gasteiger partial charge < -0.3 is 20.7 Å². The van der Waals surface area contributed by atoms with Crippen molar-refractivity contribution in [3.63, 3.8) is 0 Å². The van der Waals surface area contributed by atoms with E-state index in [9.17, 15) is 24.6 Å². The second kappa shape index (κ2) is 5.78. The van der Waals surface area contributed by atoms with Gasteiger partial charge in [-0.2, -0.15) is 0 Å². The summed E-state index contributed by atoms with van der Waals surface area (Å²) in [4.78, 5) is 35.1. The molecule has 0 radical (unpaired) electrons. The predicted molar refractivity (Wildman–Crippen MR) is 75.8 cm³/mol. The second-order valence-electron chi connectivity index (χ2n) is 4.55. The van der Waals surface area contributed by atoms with E-state index in [1.54, 1.807) is 6.92 Å². The first-order valence-electron chi connectivity index (χ1n) is 6.02.